The summed E-state index contributed by atoms with van der Waals surface area (Å²) in [5.74, 6) is 1.54. The van der Waals surface area contributed by atoms with Crippen molar-refractivity contribution < 1.29 is 14.7 Å². The van der Waals surface area contributed by atoms with Gasteiger partial charge in [-0.3, -0.25) is 9.59 Å². The predicted octanol–water partition coefficient (Wildman–Crippen LogP) is 2.75. The van der Waals surface area contributed by atoms with Gasteiger partial charge in [0.2, 0.25) is 0 Å². The van der Waals surface area contributed by atoms with Gasteiger partial charge < -0.3 is 5.11 Å². The van der Waals surface area contributed by atoms with Crippen LogP contribution in [0.4, 0.5) is 0 Å². The average Bonchev–Trinajstić information content (AvgIpc) is 2.58. The summed E-state index contributed by atoms with van der Waals surface area (Å²) in [6, 6.07) is 0. The fourth-order valence-corrected chi connectivity index (χ4v) is 6.54. The fourth-order valence-electron chi connectivity index (χ4n) is 6.54. The van der Waals surface area contributed by atoms with Gasteiger partial charge in [-0.05, 0) is 60.7 Å². The molecule has 0 unspecified atom stereocenters. The van der Waals surface area contributed by atoms with Crippen LogP contribution in [0.25, 0.3) is 0 Å². The van der Waals surface area contributed by atoms with Crippen molar-refractivity contribution in [2.24, 2.45) is 34.5 Å². The van der Waals surface area contributed by atoms with Gasteiger partial charge >= 0.3 is 0 Å². The van der Waals surface area contributed by atoms with E-state index in [0.29, 0.717) is 30.6 Å². The monoisotopic (exact) mass is 290 g/mol. The molecule has 0 saturated heterocycles. The van der Waals surface area contributed by atoms with E-state index in [1.807, 2.05) is 0 Å². The third kappa shape index (κ3) is 1.70. The molecule has 0 aromatic heterocycles. The summed E-state index contributed by atoms with van der Waals surface area (Å²) < 4.78 is 0. The highest BCUT2D eigenvalue weighted by molar-refractivity contribution is 6.05. The molecule has 0 spiro atoms. The van der Waals surface area contributed by atoms with E-state index in [2.05, 4.69) is 13.8 Å². The van der Waals surface area contributed by atoms with Crippen LogP contribution in [-0.2, 0) is 9.59 Å². The largest absolute Gasteiger partial charge is 0.393 e. The molecule has 5 aliphatic carbocycles. The van der Waals surface area contributed by atoms with E-state index in [1.54, 1.807) is 0 Å². The Morgan fingerprint density at radius 3 is 2.33 bits per heavy atom. The van der Waals surface area contributed by atoms with Gasteiger partial charge in [-0.15, -0.1) is 0 Å². The second-order valence-electron chi connectivity index (χ2n) is 8.74. The molecule has 0 aromatic carbocycles. The summed E-state index contributed by atoms with van der Waals surface area (Å²) in [6.07, 6.45) is 5.90. The number of rotatable bonds is 0. The smallest absolute Gasteiger partial charge is 0.143 e. The molecule has 116 valence electrons. The van der Waals surface area contributed by atoms with Crippen LogP contribution >= 0.6 is 0 Å². The molecule has 0 aromatic rings. The third-order valence-electron chi connectivity index (χ3n) is 7.72. The van der Waals surface area contributed by atoms with Crippen molar-refractivity contribution in [2.45, 2.75) is 64.9 Å². The van der Waals surface area contributed by atoms with Crippen molar-refractivity contribution >= 4 is 11.6 Å². The van der Waals surface area contributed by atoms with Crippen LogP contribution in [0.1, 0.15) is 58.8 Å². The SMILES string of the molecule is CC12CC(=O)C(C[C@@H]3[C@@H]1CC[C@]1(C)[C@@H](O)CC[C@@H]31)C(=O)C2. The minimum Gasteiger partial charge on any atom is -0.393 e. The number of aliphatic hydroxyl groups is 1. The summed E-state index contributed by atoms with van der Waals surface area (Å²) in [6.45, 7) is 4.42. The van der Waals surface area contributed by atoms with Crippen LogP contribution in [0.15, 0.2) is 0 Å². The van der Waals surface area contributed by atoms with E-state index in [9.17, 15) is 14.7 Å². The van der Waals surface area contributed by atoms with Gasteiger partial charge in [-0.1, -0.05) is 13.8 Å². The molecule has 3 heteroatoms. The van der Waals surface area contributed by atoms with Gasteiger partial charge in [0.1, 0.15) is 11.6 Å². The van der Waals surface area contributed by atoms with Crippen LogP contribution in [-0.4, -0.2) is 22.8 Å². The first-order valence-electron chi connectivity index (χ1n) is 8.59. The van der Waals surface area contributed by atoms with E-state index in [4.69, 9.17) is 0 Å². The zero-order chi connectivity index (χ0) is 15.0. The molecule has 0 radical (unpaired) electrons. The highest BCUT2D eigenvalue weighted by atomic mass is 16.3. The Labute approximate surface area is 126 Å². The topological polar surface area (TPSA) is 54.4 Å². The molecule has 21 heavy (non-hydrogen) atoms. The number of carbonyl (C=O) groups excluding carboxylic acids is 2. The Morgan fingerprint density at radius 1 is 1.00 bits per heavy atom. The minimum absolute atomic E-state index is 0.0212. The molecule has 2 bridgehead atoms. The lowest BCUT2D eigenvalue weighted by molar-refractivity contribution is -0.139. The quantitative estimate of drug-likeness (QED) is 0.698. The van der Waals surface area contributed by atoms with Gasteiger partial charge in [0.05, 0.1) is 12.0 Å². The van der Waals surface area contributed by atoms with Crippen molar-refractivity contribution in [3.63, 3.8) is 0 Å². The Morgan fingerprint density at radius 2 is 1.67 bits per heavy atom. The van der Waals surface area contributed by atoms with Crippen molar-refractivity contribution in [3.8, 4) is 0 Å². The van der Waals surface area contributed by atoms with Crippen LogP contribution < -0.4 is 0 Å². The van der Waals surface area contributed by atoms with Gasteiger partial charge in [-0.2, -0.15) is 0 Å². The number of fused-ring (bicyclic) bond motifs is 3. The highest BCUT2D eigenvalue weighted by Gasteiger charge is 2.61. The number of hydrogen-bond acceptors (Lipinski definition) is 3. The van der Waals surface area contributed by atoms with E-state index in [1.165, 1.54) is 0 Å². The van der Waals surface area contributed by atoms with Crippen LogP contribution in [0, 0.1) is 34.5 Å². The lowest BCUT2D eigenvalue weighted by Gasteiger charge is -2.51. The Kier molecular flexibility index (Phi) is 2.78. The standard InChI is InChI=1S/C18H26O3/c1-17-8-14(19)11(15(20)9-17)7-10-12(17)5-6-18(2)13(10)3-4-16(18)21/h10-13,16,21H,3-9H2,1-2H3/t10-,11?,12+,13+,16+,17?,18+/m1/s1. The van der Waals surface area contributed by atoms with E-state index in [0.717, 1.165) is 32.1 Å². The first kappa shape index (κ1) is 13.9. The fraction of sp³-hybridized carbons (Fsp3) is 0.889. The third-order valence-corrected chi connectivity index (χ3v) is 7.72. The summed E-state index contributed by atoms with van der Waals surface area (Å²) in [5.41, 5.74) is -0.0892. The summed E-state index contributed by atoms with van der Waals surface area (Å²) in [7, 11) is 0. The first-order valence-corrected chi connectivity index (χ1v) is 8.59. The Bertz CT molecular complexity index is 493. The van der Waals surface area contributed by atoms with Crippen molar-refractivity contribution in [1.82, 2.24) is 0 Å². The van der Waals surface area contributed by atoms with Crippen molar-refractivity contribution in [1.29, 1.82) is 0 Å². The lowest BCUT2D eigenvalue weighted by atomic mass is 9.53. The zero-order valence-electron chi connectivity index (χ0n) is 13.1. The number of aliphatic hydroxyl groups excluding tert-OH is 1. The molecule has 5 atom stereocenters. The van der Waals surface area contributed by atoms with Gasteiger partial charge in [0.15, 0.2) is 0 Å². The molecule has 0 amide bonds. The van der Waals surface area contributed by atoms with Gasteiger partial charge in [0, 0.05) is 12.8 Å². The van der Waals surface area contributed by atoms with E-state index < -0.39 is 0 Å². The maximum atomic E-state index is 12.4. The molecule has 5 fully saturated rings. The van der Waals surface area contributed by atoms with Gasteiger partial charge in [-0.25, -0.2) is 0 Å². The number of Topliss-reactive ketones (excluding diaryl/α,β-unsaturated/α-hetero) is 2. The molecular formula is C18H26O3. The van der Waals surface area contributed by atoms with Crippen molar-refractivity contribution in [2.75, 3.05) is 0 Å². The minimum atomic E-state index is -0.326. The van der Waals surface area contributed by atoms with Crippen molar-refractivity contribution in [3.05, 3.63) is 0 Å². The maximum Gasteiger partial charge on any atom is 0.143 e. The number of ketones is 2. The van der Waals surface area contributed by atoms with Crippen LogP contribution in [0.3, 0.4) is 0 Å². The maximum absolute atomic E-state index is 12.4. The number of carbonyl (C=O) groups is 2. The van der Waals surface area contributed by atoms with Gasteiger partial charge in [0.25, 0.3) is 0 Å². The molecule has 5 rings (SSSR count). The molecule has 3 nitrogen and oxygen atoms in total. The number of hydrogen-bond donors (Lipinski definition) is 1. The second kappa shape index (κ2) is 4.18. The van der Waals surface area contributed by atoms with E-state index >= 15 is 0 Å². The highest BCUT2D eigenvalue weighted by Crippen LogP contribution is 2.64. The Hall–Kier alpha value is -0.700. The summed E-state index contributed by atoms with van der Waals surface area (Å²) >= 11 is 0. The molecule has 5 saturated carbocycles. The second-order valence-corrected chi connectivity index (χ2v) is 8.74. The van der Waals surface area contributed by atoms with E-state index in [-0.39, 0.29) is 34.4 Å². The molecule has 1 N–H and O–H groups in total. The summed E-state index contributed by atoms with van der Waals surface area (Å²) in [4.78, 5) is 24.8. The normalized spacial score (nSPS) is 56.0. The Balaban J connectivity index is 1.76. The van der Waals surface area contributed by atoms with Crippen LogP contribution in [0.2, 0.25) is 0 Å². The molecule has 0 heterocycles. The van der Waals surface area contributed by atoms with Crippen LogP contribution in [0.5, 0.6) is 0 Å². The first-order chi connectivity index (χ1) is 9.85. The molecule has 0 aliphatic heterocycles. The summed E-state index contributed by atoms with van der Waals surface area (Å²) in [5, 5.41) is 10.4. The zero-order valence-corrected chi connectivity index (χ0v) is 13.1. The average molecular weight is 290 g/mol. The molecular weight excluding hydrogens is 264 g/mol. The lowest BCUT2D eigenvalue weighted by Crippen LogP contribution is -2.47. The molecule has 5 aliphatic rings. The predicted molar refractivity (Wildman–Crippen MR) is 78.5 cm³/mol.